The Balaban J connectivity index is 2.63. The lowest BCUT2D eigenvalue weighted by Gasteiger charge is -2.12. The highest BCUT2D eigenvalue weighted by Crippen LogP contribution is 2.37. The number of alkyl halides is 3. The average Bonchev–Trinajstić information content (AvgIpc) is 2.38. The van der Waals surface area contributed by atoms with Gasteiger partial charge in [0.05, 0.1) is 10.6 Å². The predicted molar refractivity (Wildman–Crippen MR) is 70.4 cm³/mol. The fourth-order valence-corrected chi connectivity index (χ4v) is 2.08. The van der Waals surface area contributed by atoms with Crippen LogP contribution in [0.4, 0.5) is 13.2 Å². The van der Waals surface area contributed by atoms with Gasteiger partial charge in [0.1, 0.15) is 0 Å². The van der Waals surface area contributed by atoms with E-state index in [1.807, 2.05) is 0 Å². The molecule has 0 heterocycles. The van der Waals surface area contributed by atoms with Crippen molar-refractivity contribution in [3.63, 3.8) is 0 Å². The maximum absolute atomic E-state index is 12.8. The van der Waals surface area contributed by atoms with Crippen molar-refractivity contribution in [2.24, 2.45) is 5.73 Å². The number of amides is 1. The molecule has 0 saturated heterocycles. The zero-order valence-corrected chi connectivity index (χ0v) is 10.8. The van der Waals surface area contributed by atoms with Crippen molar-refractivity contribution in [3.8, 4) is 11.1 Å². The van der Waals surface area contributed by atoms with Gasteiger partial charge in [0, 0.05) is 5.56 Å². The van der Waals surface area contributed by atoms with Gasteiger partial charge < -0.3 is 5.73 Å². The first-order valence-electron chi connectivity index (χ1n) is 5.56. The molecule has 2 N–H and O–H groups in total. The summed E-state index contributed by atoms with van der Waals surface area (Å²) >= 11 is 5.56. The summed E-state index contributed by atoms with van der Waals surface area (Å²) in [4.78, 5) is 11.3. The number of benzene rings is 2. The second-order valence-corrected chi connectivity index (χ2v) is 4.51. The third-order valence-electron chi connectivity index (χ3n) is 2.78. The Morgan fingerprint density at radius 1 is 1.10 bits per heavy atom. The van der Waals surface area contributed by atoms with Crippen LogP contribution in [0.1, 0.15) is 15.9 Å². The number of carbonyl (C=O) groups is 1. The standard InChI is InChI=1S/C14H9ClF3NO/c15-12-6-5-8(7-11(12)14(16,17)18)9-3-1-2-4-10(9)13(19)20/h1-7H,(H2,19,20). The highest BCUT2D eigenvalue weighted by molar-refractivity contribution is 6.31. The van der Waals surface area contributed by atoms with Gasteiger partial charge in [0.15, 0.2) is 0 Å². The van der Waals surface area contributed by atoms with Crippen molar-refractivity contribution in [1.82, 2.24) is 0 Å². The summed E-state index contributed by atoms with van der Waals surface area (Å²) in [5.74, 6) is -0.705. The molecule has 2 nitrogen and oxygen atoms in total. The first-order chi connectivity index (χ1) is 9.30. The maximum Gasteiger partial charge on any atom is 0.417 e. The molecule has 20 heavy (non-hydrogen) atoms. The number of hydrogen-bond acceptors (Lipinski definition) is 1. The maximum atomic E-state index is 12.8. The van der Waals surface area contributed by atoms with Crippen molar-refractivity contribution in [3.05, 3.63) is 58.6 Å². The lowest BCUT2D eigenvalue weighted by atomic mass is 9.97. The van der Waals surface area contributed by atoms with Crippen molar-refractivity contribution < 1.29 is 18.0 Å². The van der Waals surface area contributed by atoms with E-state index in [-0.39, 0.29) is 11.1 Å². The molecule has 0 saturated carbocycles. The minimum atomic E-state index is -4.56. The smallest absolute Gasteiger partial charge is 0.366 e. The topological polar surface area (TPSA) is 43.1 Å². The lowest BCUT2D eigenvalue weighted by Crippen LogP contribution is -2.12. The largest absolute Gasteiger partial charge is 0.417 e. The number of primary amides is 1. The van der Waals surface area contributed by atoms with E-state index in [0.29, 0.717) is 5.56 Å². The van der Waals surface area contributed by atoms with Gasteiger partial charge in [0.2, 0.25) is 5.91 Å². The number of carbonyl (C=O) groups excluding carboxylic acids is 1. The summed E-state index contributed by atoms with van der Waals surface area (Å²) in [5, 5.41) is -0.391. The Bertz CT molecular complexity index is 668. The summed E-state index contributed by atoms with van der Waals surface area (Å²) in [6, 6.07) is 9.66. The average molecular weight is 300 g/mol. The van der Waals surface area contributed by atoms with Crippen LogP contribution in [0.25, 0.3) is 11.1 Å². The van der Waals surface area contributed by atoms with Crippen LogP contribution in [0.3, 0.4) is 0 Å². The molecule has 2 aromatic carbocycles. The van der Waals surface area contributed by atoms with Crippen molar-refractivity contribution in [2.75, 3.05) is 0 Å². The van der Waals surface area contributed by atoms with Gasteiger partial charge in [-0.15, -0.1) is 0 Å². The molecular formula is C14H9ClF3NO. The molecule has 0 atom stereocenters. The SMILES string of the molecule is NC(=O)c1ccccc1-c1ccc(Cl)c(C(F)(F)F)c1. The summed E-state index contributed by atoms with van der Waals surface area (Å²) in [7, 11) is 0. The zero-order valence-electron chi connectivity index (χ0n) is 10.0. The van der Waals surface area contributed by atoms with E-state index in [4.69, 9.17) is 17.3 Å². The highest BCUT2D eigenvalue weighted by atomic mass is 35.5. The summed E-state index contributed by atoms with van der Waals surface area (Å²) in [5.41, 5.74) is 4.99. The quantitative estimate of drug-likeness (QED) is 0.890. The van der Waals surface area contributed by atoms with Gasteiger partial charge in [-0.05, 0) is 29.3 Å². The van der Waals surface area contributed by atoms with Gasteiger partial charge >= 0.3 is 6.18 Å². The fraction of sp³-hybridized carbons (Fsp3) is 0.0714. The minimum Gasteiger partial charge on any atom is -0.366 e. The van der Waals surface area contributed by atoms with Gasteiger partial charge in [-0.2, -0.15) is 13.2 Å². The van der Waals surface area contributed by atoms with Crippen LogP contribution in [0.5, 0.6) is 0 Å². The molecule has 2 aromatic rings. The third-order valence-corrected chi connectivity index (χ3v) is 3.10. The molecule has 104 valence electrons. The van der Waals surface area contributed by atoms with Crippen LogP contribution < -0.4 is 5.73 Å². The first kappa shape index (κ1) is 14.4. The molecule has 0 spiro atoms. The Labute approximate surface area is 118 Å². The summed E-state index contributed by atoms with van der Waals surface area (Å²) < 4.78 is 38.5. The normalized spacial score (nSPS) is 11.4. The Kier molecular flexibility index (Phi) is 3.72. The first-order valence-corrected chi connectivity index (χ1v) is 5.94. The van der Waals surface area contributed by atoms with Crippen molar-refractivity contribution in [2.45, 2.75) is 6.18 Å². The van der Waals surface area contributed by atoms with E-state index in [1.54, 1.807) is 12.1 Å². The third kappa shape index (κ3) is 2.77. The van der Waals surface area contributed by atoms with E-state index >= 15 is 0 Å². The molecule has 0 bridgehead atoms. The zero-order chi connectivity index (χ0) is 14.9. The van der Waals surface area contributed by atoms with Crippen molar-refractivity contribution in [1.29, 1.82) is 0 Å². The Hall–Kier alpha value is -2.01. The number of hydrogen-bond donors (Lipinski definition) is 1. The van der Waals surface area contributed by atoms with Gasteiger partial charge in [0.25, 0.3) is 0 Å². The Morgan fingerprint density at radius 3 is 2.35 bits per heavy atom. The summed E-state index contributed by atoms with van der Waals surface area (Å²) in [6.07, 6.45) is -4.56. The molecule has 0 aliphatic heterocycles. The van der Waals surface area contributed by atoms with E-state index in [1.165, 1.54) is 18.2 Å². The predicted octanol–water partition coefficient (Wildman–Crippen LogP) is 4.12. The van der Waals surface area contributed by atoms with E-state index in [2.05, 4.69) is 0 Å². The van der Waals surface area contributed by atoms with Crippen LogP contribution in [0.2, 0.25) is 5.02 Å². The molecule has 0 radical (unpaired) electrons. The molecule has 0 fully saturated rings. The number of halogens is 4. The van der Waals surface area contributed by atoms with Gasteiger partial charge in [-0.25, -0.2) is 0 Å². The van der Waals surface area contributed by atoms with Crippen LogP contribution in [-0.2, 0) is 6.18 Å². The second kappa shape index (κ2) is 5.17. The van der Waals surface area contributed by atoms with Crippen molar-refractivity contribution >= 4 is 17.5 Å². The number of nitrogens with two attached hydrogens (primary N) is 1. The molecular weight excluding hydrogens is 291 g/mol. The van der Waals surface area contributed by atoms with E-state index in [9.17, 15) is 18.0 Å². The molecule has 0 aromatic heterocycles. The lowest BCUT2D eigenvalue weighted by molar-refractivity contribution is -0.137. The van der Waals surface area contributed by atoms with Gasteiger partial charge in [-0.1, -0.05) is 35.9 Å². The van der Waals surface area contributed by atoms with Gasteiger partial charge in [-0.3, -0.25) is 4.79 Å². The van der Waals surface area contributed by atoms with Crippen LogP contribution in [-0.4, -0.2) is 5.91 Å². The molecule has 0 unspecified atom stereocenters. The Morgan fingerprint density at radius 2 is 1.75 bits per heavy atom. The van der Waals surface area contributed by atoms with Crippen LogP contribution in [0, 0.1) is 0 Å². The van der Waals surface area contributed by atoms with Crippen LogP contribution >= 0.6 is 11.6 Å². The monoisotopic (exact) mass is 299 g/mol. The second-order valence-electron chi connectivity index (χ2n) is 4.10. The molecule has 6 heteroatoms. The van der Waals surface area contributed by atoms with E-state index in [0.717, 1.165) is 12.1 Å². The van der Waals surface area contributed by atoms with E-state index < -0.39 is 22.7 Å². The number of rotatable bonds is 2. The molecule has 0 aliphatic carbocycles. The minimum absolute atomic E-state index is 0.156. The highest BCUT2D eigenvalue weighted by Gasteiger charge is 2.33. The molecule has 1 amide bonds. The fourth-order valence-electron chi connectivity index (χ4n) is 1.86. The molecule has 2 rings (SSSR count). The van der Waals surface area contributed by atoms with Crippen LogP contribution in [0.15, 0.2) is 42.5 Å². The molecule has 0 aliphatic rings. The summed E-state index contributed by atoms with van der Waals surface area (Å²) in [6.45, 7) is 0.